The van der Waals surface area contributed by atoms with E-state index in [0.29, 0.717) is 17.3 Å². The molecule has 5 heteroatoms. The molecule has 2 aromatic carbocycles. The lowest BCUT2D eigenvalue weighted by Gasteiger charge is -2.06. The first kappa shape index (κ1) is 14.6. The van der Waals surface area contributed by atoms with Crippen molar-refractivity contribution in [3.63, 3.8) is 0 Å². The molecule has 0 unspecified atom stereocenters. The van der Waals surface area contributed by atoms with Crippen LogP contribution in [0.3, 0.4) is 0 Å². The van der Waals surface area contributed by atoms with Crippen LogP contribution >= 0.6 is 0 Å². The fourth-order valence-electron chi connectivity index (χ4n) is 3.02. The first-order valence-corrected chi connectivity index (χ1v) is 8.24. The molecule has 0 spiro atoms. The summed E-state index contributed by atoms with van der Waals surface area (Å²) in [5, 5.41) is 1.07. The van der Waals surface area contributed by atoms with Crippen molar-refractivity contribution in [3.8, 4) is 22.6 Å². The molecule has 3 aromatic heterocycles. The summed E-state index contributed by atoms with van der Waals surface area (Å²) >= 11 is 0. The maximum absolute atomic E-state index is 6.09. The molecule has 0 atom stereocenters. The minimum atomic E-state index is 0.383. The van der Waals surface area contributed by atoms with Gasteiger partial charge in [0.25, 0.3) is 0 Å². The van der Waals surface area contributed by atoms with Crippen LogP contribution in [0.4, 0.5) is 5.82 Å². The van der Waals surface area contributed by atoms with E-state index in [1.165, 1.54) is 0 Å². The highest BCUT2D eigenvalue weighted by atomic mass is 16.3. The third kappa shape index (κ3) is 2.38. The highest BCUT2D eigenvalue weighted by Gasteiger charge is 2.14. The van der Waals surface area contributed by atoms with Crippen molar-refractivity contribution < 1.29 is 4.42 Å². The average Bonchev–Trinajstić information content (AvgIpc) is 3.12. The van der Waals surface area contributed by atoms with Crippen LogP contribution in [0.5, 0.6) is 0 Å². The average molecular weight is 338 g/mol. The number of fused-ring (bicyclic) bond motifs is 2. The van der Waals surface area contributed by atoms with Crippen molar-refractivity contribution in [2.75, 3.05) is 5.73 Å². The highest BCUT2D eigenvalue weighted by Crippen LogP contribution is 2.31. The van der Waals surface area contributed by atoms with E-state index in [4.69, 9.17) is 10.2 Å². The Labute approximate surface area is 149 Å². The van der Waals surface area contributed by atoms with E-state index >= 15 is 0 Å². The van der Waals surface area contributed by atoms with Gasteiger partial charge in [0, 0.05) is 28.9 Å². The van der Waals surface area contributed by atoms with Gasteiger partial charge in [0.15, 0.2) is 5.58 Å². The lowest BCUT2D eigenvalue weighted by molar-refractivity contribution is 0.620. The summed E-state index contributed by atoms with van der Waals surface area (Å²) < 4.78 is 5.85. The van der Waals surface area contributed by atoms with Gasteiger partial charge in [0.05, 0.1) is 11.1 Å². The van der Waals surface area contributed by atoms with E-state index in [1.807, 2.05) is 60.8 Å². The highest BCUT2D eigenvalue weighted by molar-refractivity contribution is 5.85. The number of rotatable bonds is 2. The molecule has 0 radical (unpaired) electrons. The molecule has 0 saturated heterocycles. The lowest BCUT2D eigenvalue weighted by Crippen LogP contribution is -1.95. The Bertz CT molecular complexity index is 1230. The van der Waals surface area contributed by atoms with Crippen molar-refractivity contribution in [3.05, 3.63) is 73.1 Å². The molecule has 0 aliphatic rings. The molecular formula is C21H14N4O. The number of nitrogens with two attached hydrogens (primary N) is 1. The van der Waals surface area contributed by atoms with Gasteiger partial charge in [-0.25, -0.2) is 9.97 Å². The van der Waals surface area contributed by atoms with Gasteiger partial charge in [0.1, 0.15) is 11.3 Å². The van der Waals surface area contributed by atoms with Crippen LogP contribution in [0, 0.1) is 0 Å². The molecule has 124 valence electrons. The summed E-state index contributed by atoms with van der Waals surface area (Å²) in [6.07, 6.45) is 3.58. The maximum atomic E-state index is 6.09. The van der Waals surface area contributed by atoms with Crippen molar-refractivity contribution in [2.45, 2.75) is 0 Å². The molecule has 5 nitrogen and oxygen atoms in total. The van der Waals surface area contributed by atoms with Crippen molar-refractivity contribution in [1.82, 2.24) is 15.0 Å². The number of pyridine rings is 2. The van der Waals surface area contributed by atoms with Gasteiger partial charge in [-0.15, -0.1) is 0 Å². The zero-order valence-electron chi connectivity index (χ0n) is 13.8. The number of benzene rings is 2. The van der Waals surface area contributed by atoms with Crippen LogP contribution in [0.25, 0.3) is 44.6 Å². The molecular weight excluding hydrogens is 324 g/mol. The maximum Gasteiger partial charge on any atom is 0.231 e. The summed E-state index contributed by atoms with van der Waals surface area (Å²) in [4.78, 5) is 13.4. The van der Waals surface area contributed by atoms with Crippen molar-refractivity contribution >= 4 is 27.8 Å². The number of hydrogen-bond acceptors (Lipinski definition) is 5. The second kappa shape index (κ2) is 5.67. The van der Waals surface area contributed by atoms with Gasteiger partial charge in [-0.2, -0.15) is 0 Å². The molecule has 5 rings (SSSR count). The molecule has 3 heterocycles. The molecule has 5 aromatic rings. The van der Waals surface area contributed by atoms with Gasteiger partial charge in [-0.1, -0.05) is 30.3 Å². The van der Waals surface area contributed by atoms with Gasteiger partial charge >= 0.3 is 0 Å². The topological polar surface area (TPSA) is 77.8 Å². The largest absolute Gasteiger partial charge is 0.436 e. The molecule has 0 bridgehead atoms. The van der Waals surface area contributed by atoms with Crippen LogP contribution in [0.15, 0.2) is 77.5 Å². The number of nitrogen functional groups attached to an aromatic ring is 1. The van der Waals surface area contributed by atoms with Gasteiger partial charge in [0.2, 0.25) is 5.89 Å². The van der Waals surface area contributed by atoms with Gasteiger partial charge in [-0.05, 0) is 30.3 Å². The predicted molar refractivity (Wildman–Crippen MR) is 102 cm³/mol. The normalized spacial score (nSPS) is 11.2. The molecule has 0 aliphatic heterocycles. The van der Waals surface area contributed by atoms with Crippen molar-refractivity contribution in [2.24, 2.45) is 0 Å². The Morgan fingerprint density at radius 2 is 1.50 bits per heavy atom. The van der Waals surface area contributed by atoms with E-state index < -0.39 is 0 Å². The zero-order chi connectivity index (χ0) is 17.5. The SMILES string of the molecule is Nc1ncc(-c2cnc3ccccc3c2)cc1-c1nc2ccccc2o1. The number of hydrogen-bond donors (Lipinski definition) is 1. The van der Waals surface area contributed by atoms with Crippen molar-refractivity contribution in [1.29, 1.82) is 0 Å². The molecule has 0 fully saturated rings. The second-order valence-corrected chi connectivity index (χ2v) is 6.06. The second-order valence-electron chi connectivity index (χ2n) is 6.06. The summed E-state index contributed by atoms with van der Waals surface area (Å²) in [5.41, 5.74) is 11.1. The van der Waals surface area contributed by atoms with Crippen LogP contribution < -0.4 is 5.73 Å². The Balaban J connectivity index is 1.65. The number of nitrogens with zero attached hydrogens (tertiary/aromatic N) is 3. The van der Waals surface area contributed by atoms with Crippen LogP contribution in [-0.2, 0) is 0 Å². The fraction of sp³-hybridized carbons (Fsp3) is 0. The van der Waals surface area contributed by atoms with Crippen LogP contribution in [0.2, 0.25) is 0 Å². The Morgan fingerprint density at radius 3 is 2.38 bits per heavy atom. The smallest absolute Gasteiger partial charge is 0.231 e. The Hall–Kier alpha value is -3.73. The number of para-hydroxylation sites is 3. The zero-order valence-corrected chi connectivity index (χ0v) is 13.8. The quantitative estimate of drug-likeness (QED) is 0.505. The predicted octanol–water partition coefficient (Wildman–Crippen LogP) is 4.69. The monoisotopic (exact) mass is 338 g/mol. The standard InChI is InChI=1S/C21H14N4O/c22-20-16(21-25-18-7-3-4-8-19(18)26-21)10-15(12-24-20)14-9-13-5-1-2-6-17(13)23-11-14/h1-12H,(H2,22,24). The third-order valence-electron chi connectivity index (χ3n) is 4.37. The first-order chi connectivity index (χ1) is 12.8. The van der Waals surface area contributed by atoms with Crippen LogP contribution in [-0.4, -0.2) is 15.0 Å². The summed E-state index contributed by atoms with van der Waals surface area (Å²) in [6, 6.07) is 19.7. The molecule has 0 saturated carbocycles. The number of oxazole rings is 1. The van der Waals surface area contributed by atoms with E-state index in [2.05, 4.69) is 21.0 Å². The summed E-state index contributed by atoms with van der Waals surface area (Å²) in [5.74, 6) is 0.848. The first-order valence-electron chi connectivity index (χ1n) is 8.24. The minimum absolute atomic E-state index is 0.383. The molecule has 2 N–H and O–H groups in total. The van der Waals surface area contributed by atoms with Gasteiger partial charge < -0.3 is 10.2 Å². The third-order valence-corrected chi connectivity index (χ3v) is 4.37. The summed E-state index contributed by atoms with van der Waals surface area (Å²) in [6.45, 7) is 0. The van der Waals surface area contributed by atoms with E-state index in [-0.39, 0.29) is 0 Å². The summed E-state index contributed by atoms with van der Waals surface area (Å²) in [7, 11) is 0. The molecule has 0 amide bonds. The van der Waals surface area contributed by atoms with E-state index in [0.717, 1.165) is 33.1 Å². The molecule has 26 heavy (non-hydrogen) atoms. The van der Waals surface area contributed by atoms with Gasteiger partial charge in [-0.3, -0.25) is 4.98 Å². The van der Waals surface area contributed by atoms with E-state index in [1.54, 1.807) is 6.20 Å². The molecule has 0 aliphatic carbocycles. The number of aromatic nitrogens is 3. The minimum Gasteiger partial charge on any atom is -0.436 e. The van der Waals surface area contributed by atoms with Crippen LogP contribution in [0.1, 0.15) is 0 Å². The fourth-order valence-corrected chi connectivity index (χ4v) is 3.02. The number of anilines is 1. The van der Waals surface area contributed by atoms with E-state index in [9.17, 15) is 0 Å². The Kier molecular flexibility index (Phi) is 3.18. The lowest BCUT2D eigenvalue weighted by atomic mass is 10.1. The Morgan fingerprint density at radius 1 is 0.769 bits per heavy atom.